The van der Waals surface area contributed by atoms with Gasteiger partial charge in [0.05, 0.1) is 17.5 Å². The van der Waals surface area contributed by atoms with Crippen molar-refractivity contribution < 1.29 is 9.63 Å². The van der Waals surface area contributed by atoms with Crippen LogP contribution in [0.5, 0.6) is 0 Å². The average molecular weight is 200 g/mol. The van der Waals surface area contributed by atoms with E-state index in [9.17, 15) is 4.79 Å². The monoisotopic (exact) mass is 199 g/mol. The highest BCUT2D eigenvalue weighted by Gasteiger charge is 2.07. The first-order valence-corrected chi connectivity index (χ1v) is 4.29. The third-order valence-electron chi connectivity index (χ3n) is 1.43. The second-order valence-corrected chi connectivity index (χ2v) is 2.70. The van der Waals surface area contributed by atoms with Gasteiger partial charge < -0.3 is 4.84 Å². The number of halogens is 1. The van der Waals surface area contributed by atoms with Crippen molar-refractivity contribution in [3.8, 4) is 0 Å². The highest BCUT2D eigenvalue weighted by Crippen LogP contribution is 2.15. The first-order valence-electron chi connectivity index (χ1n) is 3.95. The molecule has 0 aliphatic carbocycles. The van der Waals surface area contributed by atoms with Gasteiger partial charge in [-0.2, -0.15) is 0 Å². The van der Waals surface area contributed by atoms with Crippen LogP contribution in [-0.2, 0) is 9.63 Å². The van der Waals surface area contributed by atoms with Crippen LogP contribution in [0.1, 0.15) is 13.3 Å². The molecule has 3 nitrogen and oxygen atoms in total. The van der Waals surface area contributed by atoms with E-state index in [-0.39, 0.29) is 5.97 Å². The smallest absolute Gasteiger partial charge is 0.325 e. The van der Waals surface area contributed by atoms with E-state index in [0.29, 0.717) is 12.1 Å². The number of nitrogens with zero attached hydrogens (tertiary/aromatic N) is 1. The molecule has 1 aromatic rings. The van der Waals surface area contributed by atoms with Crippen molar-refractivity contribution >= 4 is 23.4 Å². The normalized spacial score (nSPS) is 9.38. The van der Waals surface area contributed by atoms with Gasteiger partial charge in [0.2, 0.25) is 0 Å². The molecule has 0 spiro atoms. The highest BCUT2D eigenvalue weighted by molar-refractivity contribution is 6.24. The molecule has 0 N–H and O–H groups in total. The van der Waals surface area contributed by atoms with Crippen molar-refractivity contribution in [2.24, 2.45) is 0 Å². The quantitative estimate of drug-likeness (QED) is 0.554. The summed E-state index contributed by atoms with van der Waals surface area (Å²) in [6, 6.07) is 8.97. The fraction of sp³-hybridized carbons (Fsp3) is 0.222. The maximum atomic E-state index is 10.8. The Kier molecular flexibility index (Phi) is 3.58. The molecule has 1 rings (SSSR count). The van der Waals surface area contributed by atoms with Gasteiger partial charge in [0, 0.05) is 6.42 Å². The molecule has 0 aliphatic heterocycles. The van der Waals surface area contributed by atoms with E-state index in [1.54, 1.807) is 19.1 Å². The molecule has 0 heterocycles. The number of rotatable bonds is 3. The first kappa shape index (κ1) is 9.86. The van der Waals surface area contributed by atoms with E-state index in [1.165, 1.54) is 0 Å². The summed E-state index contributed by atoms with van der Waals surface area (Å²) < 4.78 is 0.936. The van der Waals surface area contributed by atoms with Crippen molar-refractivity contribution in [1.29, 1.82) is 0 Å². The van der Waals surface area contributed by atoms with Crippen LogP contribution in [0.15, 0.2) is 30.3 Å². The minimum Gasteiger partial charge on any atom is -0.325 e. The van der Waals surface area contributed by atoms with E-state index in [1.807, 2.05) is 18.2 Å². The Labute approximate surface area is 81.9 Å². The zero-order valence-corrected chi connectivity index (χ0v) is 7.99. The topological polar surface area (TPSA) is 29.5 Å². The van der Waals surface area contributed by atoms with E-state index in [0.717, 1.165) is 4.58 Å². The molecular formula is C9H10ClNO2. The van der Waals surface area contributed by atoms with Crippen LogP contribution in [0.25, 0.3) is 0 Å². The molecule has 0 bridgehead atoms. The van der Waals surface area contributed by atoms with Gasteiger partial charge in [-0.3, -0.25) is 0 Å². The Bertz CT molecular complexity index is 276. The Morgan fingerprint density at radius 2 is 2.08 bits per heavy atom. The summed E-state index contributed by atoms with van der Waals surface area (Å²) in [5, 5.41) is 0. The zero-order chi connectivity index (χ0) is 9.68. The predicted molar refractivity (Wildman–Crippen MR) is 51.2 cm³/mol. The number of hydrogen-bond donors (Lipinski definition) is 0. The minimum absolute atomic E-state index is 0.302. The molecule has 0 unspecified atom stereocenters. The summed E-state index contributed by atoms with van der Waals surface area (Å²) in [6.07, 6.45) is 0.302. The lowest BCUT2D eigenvalue weighted by atomic mass is 10.3. The zero-order valence-electron chi connectivity index (χ0n) is 7.24. The number of carbonyl (C=O) groups is 1. The van der Waals surface area contributed by atoms with Gasteiger partial charge in [0.25, 0.3) is 0 Å². The molecule has 70 valence electrons. The van der Waals surface area contributed by atoms with Crippen LogP contribution in [0, 0.1) is 0 Å². The molecule has 0 saturated heterocycles. The van der Waals surface area contributed by atoms with Crippen molar-refractivity contribution in [1.82, 2.24) is 0 Å². The van der Waals surface area contributed by atoms with Gasteiger partial charge in [0.1, 0.15) is 0 Å². The second kappa shape index (κ2) is 4.72. The maximum Gasteiger partial charge on any atom is 0.333 e. The van der Waals surface area contributed by atoms with Crippen LogP contribution in [0.3, 0.4) is 0 Å². The Morgan fingerprint density at radius 3 is 2.62 bits per heavy atom. The standard InChI is InChI=1S/C9H10ClNO2/c1-2-9(12)13-11(10)8-6-4-3-5-7-8/h3-7H,2H2,1H3. The number of para-hydroxylation sites is 1. The largest absolute Gasteiger partial charge is 0.333 e. The average Bonchev–Trinajstić information content (AvgIpc) is 2.19. The highest BCUT2D eigenvalue weighted by atomic mass is 35.5. The van der Waals surface area contributed by atoms with Gasteiger partial charge >= 0.3 is 5.97 Å². The lowest BCUT2D eigenvalue weighted by Gasteiger charge is -2.13. The van der Waals surface area contributed by atoms with Crippen LogP contribution < -0.4 is 4.58 Å². The number of anilines is 1. The van der Waals surface area contributed by atoms with Crippen molar-refractivity contribution in [3.63, 3.8) is 0 Å². The molecule has 13 heavy (non-hydrogen) atoms. The molecule has 0 amide bonds. The molecule has 0 aromatic heterocycles. The SMILES string of the molecule is CCC(=O)ON(Cl)c1ccccc1. The van der Waals surface area contributed by atoms with Gasteiger partial charge in [-0.05, 0) is 12.1 Å². The van der Waals surface area contributed by atoms with E-state index in [2.05, 4.69) is 0 Å². The summed E-state index contributed by atoms with van der Waals surface area (Å²) in [5.41, 5.74) is 0.631. The number of hydrogen-bond acceptors (Lipinski definition) is 3. The summed E-state index contributed by atoms with van der Waals surface area (Å²) >= 11 is 5.67. The van der Waals surface area contributed by atoms with Crippen LogP contribution in [0.2, 0.25) is 0 Å². The lowest BCUT2D eigenvalue weighted by Crippen LogP contribution is -2.16. The molecule has 4 heteroatoms. The van der Waals surface area contributed by atoms with E-state index < -0.39 is 0 Å². The molecule has 0 aliphatic rings. The number of benzene rings is 1. The molecule has 0 saturated carbocycles. The fourth-order valence-electron chi connectivity index (χ4n) is 0.752. The number of carbonyl (C=O) groups excluding carboxylic acids is 1. The van der Waals surface area contributed by atoms with Gasteiger partial charge in [-0.15, -0.1) is 4.58 Å². The summed E-state index contributed by atoms with van der Waals surface area (Å²) in [4.78, 5) is 15.6. The molecule has 0 fully saturated rings. The van der Waals surface area contributed by atoms with Crippen LogP contribution >= 0.6 is 11.8 Å². The molecule has 0 atom stereocenters. The van der Waals surface area contributed by atoms with Crippen LogP contribution in [-0.4, -0.2) is 5.97 Å². The Balaban J connectivity index is 2.59. The summed E-state index contributed by atoms with van der Waals surface area (Å²) in [7, 11) is 0. The first-order chi connectivity index (χ1) is 6.24. The third kappa shape index (κ3) is 2.95. The predicted octanol–water partition coefficient (Wildman–Crippen LogP) is 2.52. The molecule has 0 radical (unpaired) electrons. The van der Waals surface area contributed by atoms with Crippen molar-refractivity contribution in [3.05, 3.63) is 30.3 Å². The van der Waals surface area contributed by atoms with Crippen molar-refractivity contribution in [2.75, 3.05) is 4.58 Å². The van der Waals surface area contributed by atoms with Gasteiger partial charge in [-0.1, -0.05) is 25.1 Å². The van der Waals surface area contributed by atoms with Crippen molar-refractivity contribution in [2.45, 2.75) is 13.3 Å². The Morgan fingerprint density at radius 1 is 1.46 bits per heavy atom. The lowest BCUT2D eigenvalue weighted by molar-refractivity contribution is -0.142. The molecule has 1 aromatic carbocycles. The van der Waals surface area contributed by atoms with E-state index >= 15 is 0 Å². The Hall–Kier alpha value is -1.22. The van der Waals surface area contributed by atoms with Gasteiger partial charge in [-0.25, -0.2) is 4.79 Å². The summed E-state index contributed by atoms with van der Waals surface area (Å²) in [5.74, 6) is -0.362. The summed E-state index contributed by atoms with van der Waals surface area (Å²) in [6.45, 7) is 1.71. The second-order valence-electron chi connectivity index (χ2n) is 2.40. The minimum atomic E-state index is -0.362. The third-order valence-corrected chi connectivity index (χ3v) is 1.69. The van der Waals surface area contributed by atoms with E-state index in [4.69, 9.17) is 16.6 Å². The maximum absolute atomic E-state index is 10.8. The molecular weight excluding hydrogens is 190 g/mol. The fourth-order valence-corrected chi connectivity index (χ4v) is 0.941. The van der Waals surface area contributed by atoms with Gasteiger partial charge in [0.15, 0.2) is 0 Å². The van der Waals surface area contributed by atoms with Crippen LogP contribution in [0.4, 0.5) is 5.69 Å².